The number of benzene rings is 1. The topological polar surface area (TPSA) is 24.9 Å². The summed E-state index contributed by atoms with van der Waals surface area (Å²) >= 11 is 0. The molecule has 0 amide bonds. The highest BCUT2D eigenvalue weighted by molar-refractivity contribution is 5.42. The Morgan fingerprint density at radius 2 is 1.69 bits per heavy atom. The van der Waals surface area contributed by atoms with E-state index in [0.29, 0.717) is 0 Å². The van der Waals surface area contributed by atoms with Gasteiger partial charge in [-0.3, -0.25) is 9.80 Å². The molecule has 144 valence electrons. The molecule has 3 fully saturated rings. The van der Waals surface area contributed by atoms with E-state index in [2.05, 4.69) is 28.0 Å². The normalized spacial score (nSPS) is 28.1. The zero-order valence-corrected chi connectivity index (χ0v) is 16.5. The number of hydrogen-bond donors (Lipinski definition) is 0. The summed E-state index contributed by atoms with van der Waals surface area (Å²) in [7, 11) is 3.43. The first-order chi connectivity index (χ1) is 12.8. The van der Waals surface area contributed by atoms with E-state index in [1.54, 1.807) is 14.2 Å². The number of fused-ring (bicyclic) bond motifs is 1. The SMILES string of the molecule is COc1ccc(CN2CCN3CCC[C@H]3[C@@H]2C2CCCCC2)cc1OC. The van der Waals surface area contributed by atoms with Gasteiger partial charge in [0.25, 0.3) is 0 Å². The summed E-state index contributed by atoms with van der Waals surface area (Å²) in [6, 6.07) is 7.94. The largest absolute Gasteiger partial charge is 0.493 e. The maximum Gasteiger partial charge on any atom is 0.161 e. The molecule has 0 spiro atoms. The molecule has 4 rings (SSSR count). The van der Waals surface area contributed by atoms with Crippen molar-refractivity contribution < 1.29 is 9.47 Å². The second-order valence-electron chi connectivity index (χ2n) is 8.29. The zero-order chi connectivity index (χ0) is 17.9. The van der Waals surface area contributed by atoms with E-state index in [9.17, 15) is 0 Å². The van der Waals surface area contributed by atoms with Gasteiger partial charge in [0.15, 0.2) is 11.5 Å². The van der Waals surface area contributed by atoms with Crippen LogP contribution in [0.25, 0.3) is 0 Å². The number of hydrogen-bond acceptors (Lipinski definition) is 4. The molecule has 0 unspecified atom stereocenters. The average molecular weight is 359 g/mol. The van der Waals surface area contributed by atoms with E-state index in [-0.39, 0.29) is 0 Å². The van der Waals surface area contributed by atoms with Gasteiger partial charge in [-0.05, 0) is 55.8 Å². The second-order valence-corrected chi connectivity index (χ2v) is 8.29. The number of rotatable bonds is 5. The van der Waals surface area contributed by atoms with E-state index in [1.165, 1.54) is 70.1 Å². The van der Waals surface area contributed by atoms with Crippen molar-refractivity contribution in [1.82, 2.24) is 9.80 Å². The Bertz CT molecular complexity index is 600. The van der Waals surface area contributed by atoms with Crippen LogP contribution in [0.4, 0.5) is 0 Å². The smallest absolute Gasteiger partial charge is 0.161 e. The lowest BCUT2D eigenvalue weighted by atomic mass is 9.78. The van der Waals surface area contributed by atoms with Gasteiger partial charge in [-0.1, -0.05) is 25.3 Å². The van der Waals surface area contributed by atoms with E-state index >= 15 is 0 Å². The van der Waals surface area contributed by atoms with Gasteiger partial charge in [-0.15, -0.1) is 0 Å². The highest BCUT2D eigenvalue weighted by Crippen LogP contribution is 2.38. The van der Waals surface area contributed by atoms with Crippen LogP contribution in [0.5, 0.6) is 11.5 Å². The van der Waals surface area contributed by atoms with Crippen LogP contribution in [0.2, 0.25) is 0 Å². The molecule has 0 N–H and O–H groups in total. The summed E-state index contributed by atoms with van der Waals surface area (Å²) in [5.41, 5.74) is 1.34. The molecule has 2 aliphatic heterocycles. The van der Waals surface area contributed by atoms with E-state index in [0.717, 1.165) is 36.0 Å². The van der Waals surface area contributed by atoms with Gasteiger partial charge < -0.3 is 9.47 Å². The highest BCUT2D eigenvalue weighted by Gasteiger charge is 2.42. The fraction of sp³-hybridized carbons (Fsp3) is 0.727. The minimum atomic E-state index is 0.736. The molecule has 1 saturated carbocycles. The molecule has 1 aromatic rings. The van der Waals surface area contributed by atoms with Crippen molar-refractivity contribution in [2.45, 2.75) is 63.6 Å². The Balaban J connectivity index is 1.55. The molecule has 4 heteroatoms. The van der Waals surface area contributed by atoms with Crippen molar-refractivity contribution in [3.63, 3.8) is 0 Å². The minimum absolute atomic E-state index is 0.736. The third-order valence-electron chi connectivity index (χ3n) is 6.87. The molecule has 4 nitrogen and oxygen atoms in total. The zero-order valence-electron chi connectivity index (χ0n) is 16.5. The molecule has 1 aromatic carbocycles. The Hall–Kier alpha value is -1.26. The minimum Gasteiger partial charge on any atom is -0.493 e. The molecule has 3 aliphatic rings. The Labute approximate surface area is 158 Å². The molecule has 26 heavy (non-hydrogen) atoms. The maximum atomic E-state index is 5.53. The van der Waals surface area contributed by atoms with Crippen molar-refractivity contribution in [1.29, 1.82) is 0 Å². The third kappa shape index (κ3) is 3.59. The van der Waals surface area contributed by atoms with Crippen molar-refractivity contribution in [3.8, 4) is 11.5 Å². The fourth-order valence-electron chi connectivity index (χ4n) is 5.65. The lowest BCUT2D eigenvalue weighted by molar-refractivity contribution is -0.00383. The van der Waals surface area contributed by atoms with Gasteiger partial charge in [0.1, 0.15) is 0 Å². The molecule has 1 aliphatic carbocycles. The van der Waals surface area contributed by atoms with Crippen LogP contribution >= 0.6 is 0 Å². The van der Waals surface area contributed by atoms with Crippen molar-refractivity contribution in [2.24, 2.45) is 5.92 Å². The predicted octanol–water partition coefficient (Wildman–Crippen LogP) is 3.93. The van der Waals surface area contributed by atoms with Gasteiger partial charge in [0.2, 0.25) is 0 Å². The lowest BCUT2D eigenvalue weighted by Gasteiger charge is -2.49. The molecular formula is C22H34N2O2. The van der Waals surface area contributed by atoms with E-state index < -0.39 is 0 Å². The molecule has 0 bridgehead atoms. The van der Waals surface area contributed by atoms with Gasteiger partial charge in [0.05, 0.1) is 14.2 Å². The summed E-state index contributed by atoms with van der Waals surface area (Å²) in [5, 5.41) is 0. The second kappa shape index (κ2) is 8.18. The summed E-state index contributed by atoms with van der Waals surface area (Å²) in [6.07, 6.45) is 9.93. The van der Waals surface area contributed by atoms with Crippen molar-refractivity contribution in [2.75, 3.05) is 33.9 Å². The monoisotopic (exact) mass is 358 g/mol. The third-order valence-corrected chi connectivity index (χ3v) is 6.87. The number of methoxy groups -OCH3 is 2. The number of piperazine rings is 1. The quantitative estimate of drug-likeness (QED) is 0.796. The van der Waals surface area contributed by atoms with Crippen molar-refractivity contribution >= 4 is 0 Å². The highest BCUT2D eigenvalue weighted by atomic mass is 16.5. The first kappa shape index (κ1) is 18.1. The van der Waals surface area contributed by atoms with Gasteiger partial charge in [-0.25, -0.2) is 0 Å². The van der Waals surface area contributed by atoms with Crippen LogP contribution in [-0.4, -0.2) is 55.7 Å². The van der Waals surface area contributed by atoms with Crippen molar-refractivity contribution in [3.05, 3.63) is 23.8 Å². The van der Waals surface area contributed by atoms with E-state index in [1.807, 2.05) is 0 Å². The fourth-order valence-corrected chi connectivity index (χ4v) is 5.65. The molecule has 2 atom stereocenters. The molecule has 2 saturated heterocycles. The van der Waals surface area contributed by atoms with Crippen LogP contribution in [0.15, 0.2) is 18.2 Å². The molecule has 0 aromatic heterocycles. The molecule has 2 heterocycles. The molecular weight excluding hydrogens is 324 g/mol. The maximum absolute atomic E-state index is 5.53. The summed E-state index contributed by atoms with van der Waals surface area (Å²) in [5.74, 6) is 2.55. The number of nitrogens with zero attached hydrogens (tertiary/aromatic N) is 2. The number of ether oxygens (including phenoxy) is 2. The van der Waals surface area contributed by atoms with Gasteiger partial charge >= 0.3 is 0 Å². The summed E-state index contributed by atoms with van der Waals surface area (Å²) < 4.78 is 10.9. The first-order valence-corrected chi connectivity index (χ1v) is 10.5. The van der Waals surface area contributed by atoms with Crippen LogP contribution in [-0.2, 0) is 6.54 Å². The van der Waals surface area contributed by atoms with Crippen LogP contribution in [0, 0.1) is 5.92 Å². The summed E-state index contributed by atoms with van der Waals surface area (Å²) in [6.45, 7) is 4.79. The van der Waals surface area contributed by atoms with Gasteiger partial charge in [-0.2, -0.15) is 0 Å². The Morgan fingerprint density at radius 1 is 0.885 bits per heavy atom. The van der Waals surface area contributed by atoms with E-state index in [4.69, 9.17) is 9.47 Å². The lowest BCUT2D eigenvalue weighted by Crippen LogP contribution is -2.59. The van der Waals surface area contributed by atoms with Crippen LogP contribution in [0.3, 0.4) is 0 Å². The standard InChI is InChI=1S/C22H34N2O2/c1-25-20-11-10-17(15-21(20)26-2)16-24-14-13-23-12-6-9-19(23)22(24)18-7-4-3-5-8-18/h10-11,15,18-19,22H,3-9,12-14,16H2,1-2H3/t19-,22-/m0/s1. The van der Waals surface area contributed by atoms with Crippen LogP contribution in [0.1, 0.15) is 50.5 Å². The average Bonchev–Trinajstić information content (AvgIpc) is 3.17. The van der Waals surface area contributed by atoms with Crippen LogP contribution < -0.4 is 9.47 Å². The Morgan fingerprint density at radius 3 is 2.46 bits per heavy atom. The Kier molecular flexibility index (Phi) is 5.70. The molecule has 0 radical (unpaired) electrons. The van der Waals surface area contributed by atoms with Gasteiger partial charge in [0, 0.05) is 31.7 Å². The first-order valence-electron chi connectivity index (χ1n) is 10.5. The summed E-state index contributed by atoms with van der Waals surface area (Å²) in [4.78, 5) is 5.58. The predicted molar refractivity (Wildman–Crippen MR) is 105 cm³/mol.